The van der Waals surface area contributed by atoms with E-state index in [0.29, 0.717) is 35.5 Å². The van der Waals surface area contributed by atoms with E-state index < -0.39 is 0 Å². The van der Waals surface area contributed by atoms with E-state index in [1.165, 1.54) is 267 Å². The maximum absolute atomic E-state index is 11.9. The van der Waals surface area contributed by atoms with Gasteiger partial charge in [-0.15, -0.1) is 0 Å². The Morgan fingerprint density at radius 2 is 0.638 bits per heavy atom. The third-order valence-corrected chi connectivity index (χ3v) is 34.5. The van der Waals surface area contributed by atoms with Crippen molar-refractivity contribution in [2.45, 2.75) is 390 Å². The molecule has 0 aromatic carbocycles. The van der Waals surface area contributed by atoms with Crippen LogP contribution in [0.3, 0.4) is 0 Å². The first-order valence-electron chi connectivity index (χ1n) is 47.3. The van der Waals surface area contributed by atoms with Gasteiger partial charge in [0.05, 0.1) is 0 Å². The van der Waals surface area contributed by atoms with Crippen molar-refractivity contribution in [1.82, 2.24) is 0 Å². The predicted molar refractivity (Wildman–Crippen MR) is 460 cm³/mol. The molecule has 0 aromatic heterocycles. The standard InChI is InChI=1S/C19H30O2.C17H26O2.C16H24O2.C15H22O2.C14H20O2.C11H18O2.C10H16O2/c1-4-6-7-18(3,21-17(20)5-2)19-11-14-8-15(12-19)10-16(9-14)13-19;1-3-5-6-17(19-16(18)4-2)14-8-12-7-13(10-14)11-15(17)9-12;1-4-14(17)18-15(2,3)16-8-11-5-12(9-16)7-13(6-11)10-16;1-3-14(16)17-15(4-2)12-6-10-5-11(8-12)9-13(15)7-10;1-3-13(15)16-14(2)11-5-9-4-10(7-11)8-12(14)6-9;1-3-10(12)13-11(4-2)8-6-5-7-9-11;1-3-9(11)12-10(2)7-5-4-6-8-10/h5,14-16H,2,4,6-13H2,1,3H3;4,12-15H,2-3,5-11H2,1H3;4,11-13H,1,5-10H2,2-3H3;3,10-13H,1,4-9H2,2H3;3,9-12H,1,4-8H2,2H3;3H,1,4-9H2,2H3;3H,1,4-8H2,2H3. The van der Waals surface area contributed by atoms with Crippen molar-refractivity contribution in [1.29, 1.82) is 0 Å². The lowest BCUT2D eigenvalue weighted by atomic mass is 9.45. The Kier molecular flexibility index (Phi) is 30.4. The first-order chi connectivity index (χ1) is 55.3. The van der Waals surface area contributed by atoms with Crippen molar-refractivity contribution in [3.05, 3.63) is 88.6 Å². The molecule has 20 bridgehead atoms. The third kappa shape index (κ3) is 20.5. The lowest BCUT2D eigenvalue weighted by Crippen LogP contribution is -2.59. The first kappa shape index (κ1) is 91.2. The highest BCUT2D eigenvalue weighted by Crippen LogP contribution is 2.68. The number of hydrogen-bond donors (Lipinski definition) is 0. The van der Waals surface area contributed by atoms with Crippen LogP contribution in [0.2, 0.25) is 0 Å². The van der Waals surface area contributed by atoms with Crippen LogP contribution in [0.1, 0.15) is 351 Å². The van der Waals surface area contributed by atoms with Gasteiger partial charge in [-0.05, 0) is 404 Å². The molecule has 0 saturated heterocycles. The van der Waals surface area contributed by atoms with Gasteiger partial charge in [0.25, 0.3) is 0 Å². The van der Waals surface area contributed by atoms with Gasteiger partial charge >= 0.3 is 41.8 Å². The lowest BCUT2D eigenvalue weighted by molar-refractivity contribution is -0.208. The molecule has 22 aliphatic rings. The average molecular weight is 1610 g/mol. The van der Waals surface area contributed by atoms with Crippen molar-refractivity contribution < 1.29 is 66.7 Å². The first-order valence-corrected chi connectivity index (χ1v) is 47.3. The summed E-state index contributed by atoms with van der Waals surface area (Å²) in [6.07, 6.45) is 64.8. The summed E-state index contributed by atoms with van der Waals surface area (Å²) in [7, 11) is 0. The Balaban J connectivity index is 0.000000134. The lowest BCUT2D eigenvalue weighted by Gasteiger charge is -2.62. The maximum Gasteiger partial charge on any atom is 0.330 e. The van der Waals surface area contributed by atoms with Gasteiger partial charge in [0.15, 0.2) is 0 Å². The molecule has 648 valence electrons. The summed E-state index contributed by atoms with van der Waals surface area (Å²) in [5.41, 5.74) is -1.03. The van der Waals surface area contributed by atoms with Crippen molar-refractivity contribution in [3.8, 4) is 0 Å². The number of carbonyl (C=O) groups is 7. The molecule has 0 aromatic rings. The van der Waals surface area contributed by atoms with E-state index >= 15 is 0 Å². The molecule has 0 N–H and O–H groups in total. The SMILES string of the molecule is C=CC(=O)OC(C)(C)C12CC3CC(CC(C3)C1)C2.C=CC(=O)OC(C)(CCCC)C12CC3CC(CC(C3)C1)C2.C=CC(=O)OC1(C)C2CC3CC(C2)CC1C3.C=CC(=O)OC1(C)CCCCC1.C=CC(=O)OC1(CC)C2CC3CC(C2)CC1C3.C=CC(=O)OC1(CC)CCCCC1.C=CC(=O)OC1(CCCC)C2CC3CC(C2)CC1C3. The summed E-state index contributed by atoms with van der Waals surface area (Å²) in [5, 5.41) is 0. The molecular weight excluding hydrogens is 1450 g/mol. The number of carbonyl (C=O) groups excluding carboxylic acids is 7. The minimum Gasteiger partial charge on any atom is -0.456 e. The molecule has 0 aliphatic heterocycles. The second-order valence-corrected chi connectivity index (χ2v) is 42.2. The van der Waals surface area contributed by atoms with Crippen LogP contribution in [0.4, 0.5) is 0 Å². The molecule has 0 amide bonds. The van der Waals surface area contributed by atoms with Crippen LogP contribution in [0.15, 0.2) is 88.6 Å². The number of esters is 7. The van der Waals surface area contributed by atoms with Crippen LogP contribution in [0.5, 0.6) is 0 Å². The van der Waals surface area contributed by atoms with Crippen molar-refractivity contribution in [2.75, 3.05) is 0 Å². The fourth-order valence-corrected chi connectivity index (χ4v) is 29.7. The number of ether oxygens (including phenoxy) is 7. The fourth-order valence-electron chi connectivity index (χ4n) is 29.7. The average Bonchev–Trinajstić information content (AvgIpc) is 0.704. The van der Waals surface area contributed by atoms with Crippen LogP contribution in [-0.4, -0.2) is 81.0 Å². The Morgan fingerprint density at radius 1 is 0.328 bits per heavy atom. The molecule has 1 unspecified atom stereocenters. The van der Waals surface area contributed by atoms with Crippen LogP contribution >= 0.6 is 0 Å². The Labute approximate surface area is 701 Å². The van der Waals surface area contributed by atoms with Gasteiger partial charge in [-0.3, -0.25) is 0 Å². The summed E-state index contributed by atoms with van der Waals surface area (Å²) in [5.74, 6) is 12.8. The zero-order valence-corrected chi connectivity index (χ0v) is 73.9. The molecule has 0 radical (unpaired) electrons. The Bertz CT molecular complexity index is 3300. The molecule has 22 fully saturated rings. The molecule has 116 heavy (non-hydrogen) atoms. The van der Waals surface area contributed by atoms with E-state index in [1.807, 2.05) is 6.92 Å². The van der Waals surface area contributed by atoms with E-state index in [9.17, 15) is 33.6 Å². The Morgan fingerprint density at radius 3 is 1.00 bits per heavy atom. The zero-order chi connectivity index (χ0) is 83.7. The molecule has 0 spiro atoms. The second-order valence-electron chi connectivity index (χ2n) is 42.2. The molecule has 22 aliphatic carbocycles. The van der Waals surface area contributed by atoms with E-state index in [2.05, 4.69) is 101 Å². The van der Waals surface area contributed by atoms with Gasteiger partial charge in [-0.2, -0.15) is 0 Å². The Hall–Kier alpha value is -5.53. The highest BCUT2D eigenvalue weighted by atomic mass is 16.6. The summed E-state index contributed by atoms with van der Waals surface area (Å²) in [6, 6.07) is 0. The quantitative estimate of drug-likeness (QED) is 0.0505. The van der Waals surface area contributed by atoms with Gasteiger partial charge < -0.3 is 33.2 Å². The minimum atomic E-state index is -0.339. The summed E-state index contributed by atoms with van der Waals surface area (Å²) in [6.45, 7) is 43.8. The molecule has 22 saturated carbocycles. The van der Waals surface area contributed by atoms with Gasteiger partial charge in [-0.1, -0.05) is 99.4 Å². The monoisotopic (exact) mass is 1610 g/mol. The van der Waals surface area contributed by atoms with Gasteiger partial charge in [-0.25, -0.2) is 33.6 Å². The fraction of sp³-hybridized carbons (Fsp3) is 0.794. The number of rotatable bonds is 24. The second kappa shape index (κ2) is 38.7. The largest absolute Gasteiger partial charge is 0.456 e. The van der Waals surface area contributed by atoms with Crippen LogP contribution < -0.4 is 0 Å². The summed E-state index contributed by atoms with van der Waals surface area (Å²) in [4.78, 5) is 80.5. The maximum atomic E-state index is 11.9. The zero-order valence-electron chi connectivity index (χ0n) is 73.9. The number of unbranched alkanes of at least 4 members (excludes halogenated alkanes) is 2. The highest BCUT2D eigenvalue weighted by molar-refractivity contribution is 5.84. The van der Waals surface area contributed by atoms with Crippen molar-refractivity contribution >= 4 is 41.8 Å². The molecule has 1 atom stereocenters. The smallest absolute Gasteiger partial charge is 0.330 e. The van der Waals surface area contributed by atoms with E-state index in [-0.39, 0.29) is 91.8 Å². The predicted octanol–water partition coefficient (Wildman–Crippen LogP) is 24.2. The van der Waals surface area contributed by atoms with Gasteiger partial charge in [0.2, 0.25) is 0 Å². The molecular formula is C102H156O14. The molecule has 14 heteroatoms. The van der Waals surface area contributed by atoms with Crippen LogP contribution in [-0.2, 0) is 66.7 Å². The summed E-state index contributed by atoms with van der Waals surface area (Å²) >= 11 is 0. The topological polar surface area (TPSA) is 184 Å². The minimum absolute atomic E-state index is 0.144. The third-order valence-electron chi connectivity index (χ3n) is 34.5. The molecule has 14 nitrogen and oxygen atoms in total. The van der Waals surface area contributed by atoms with E-state index in [1.54, 1.807) is 0 Å². The van der Waals surface area contributed by atoms with Crippen molar-refractivity contribution in [3.63, 3.8) is 0 Å². The summed E-state index contributed by atoms with van der Waals surface area (Å²) < 4.78 is 40.0. The normalized spacial score (nSPS) is 38.9. The van der Waals surface area contributed by atoms with Gasteiger partial charge in [0, 0.05) is 53.4 Å². The highest BCUT2D eigenvalue weighted by Gasteiger charge is 2.64. The number of hydrogen-bond acceptors (Lipinski definition) is 14. The van der Waals surface area contributed by atoms with Crippen molar-refractivity contribution in [2.24, 2.45) is 117 Å². The van der Waals surface area contributed by atoms with Crippen LogP contribution in [0.25, 0.3) is 0 Å². The van der Waals surface area contributed by atoms with Gasteiger partial charge in [0.1, 0.15) is 39.2 Å². The molecule has 0 heterocycles. The van der Waals surface area contributed by atoms with E-state index in [4.69, 9.17) is 33.2 Å². The molecule has 22 rings (SSSR count). The van der Waals surface area contributed by atoms with E-state index in [0.717, 1.165) is 135 Å². The van der Waals surface area contributed by atoms with Crippen LogP contribution in [0, 0.1) is 117 Å².